The summed E-state index contributed by atoms with van der Waals surface area (Å²) < 4.78 is 0. The number of amides is 3. The maximum atomic E-state index is 12.3. The number of benzene rings is 1. The number of fused-ring (bicyclic) bond motifs is 1. The summed E-state index contributed by atoms with van der Waals surface area (Å²) in [6.45, 7) is 4.14. The molecule has 0 spiro atoms. The Labute approximate surface area is 158 Å². The summed E-state index contributed by atoms with van der Waals surface area (Å²) in [5.74, 6) is -0.699. The van der Waals surface area contributed by atoms with E-state index in [-0.39, 0.29) is 30.2 Å². The molecular formula is C19H23N2O4S. The van der Waals surface area contributed by atoms with Crippen LogP contribution in [0.4, 0.5) is 0 Å². The molecule has 7 heteroatoms. The first kappa shape index (κ1) is 20.2. The van der Waals surface area contributed by atoms with Crippen LogP contribution in [-0.4, -0.2) is 46.7 Å². The Kier molecular flexibility index (Phi) is 6.97. The van der Waals surface area contributed by atoms with Crippen molar-refractivity contribution in [3.8, 4) is 0 Å². The van der Waals surface area contributed by atoms with Gasteiger partial charge in [0.2, 0.25) is 12.2 Å². The van der Waals surface area contributed by atoms with Crippen LogP contribution in [0, 0.1) is 5.92 Å². The Bertz CT molecular complexity index is 670. The minimum atomic E-state index is -0.645. The molecule has 3 amide bonds. The third kappa shape index (κ3) is 4.72. The number of carbonyl (C=O) groups excluding carboxylic acids is 4. The highest BCUT2D eigenvalue weighted by atomic mass is 32.1. The van der Waals surface area contributed by atoms with Gasteiger partial charge in [-0.1, -0.05) is 26.0 Å². The van der Waals surface area contributed by atoms with Gasteiger partial charge < -0.3 is 5.32 Å². The van der Waals surface area contributed by atoms with Crippen molar-refractivity contribution >= 4 is 36.6 Å². The topological polar surface area (TPSA) is 83.6 Å². The molecule has 0 bridgehead atoms. The van der Waals surface area contributed by atoms with Gasteiger partial charge in [0.25, 0.3) is 11.8 Å². The number of nitrogens with one attached hydrogen (secondary N) is 1. The molecular weight excluding hydrogens is 352 g/mol. The first-order valence-electron chi connectivity index (χ1n) is 8.66. The number of imide groups is 1. The van der Waals surface area contributed by atoms with Crippen molar-refractivity contribution in [2.45, 2.75) is 44.4 Å². The number of hydrogen-bond acceptors (Lipinski definition) is 5. The molecule has 1 aromatic rings. The zero-order valence-electron chi connectivity index (χ0n) is 14.9. The first-order chi connectivity index (χ1) is 12.3. The Morgan fingerprint density at radius 3 is 2.27 bits per heavy atom. The zero-order valence-corrected chi connectivity index (χ0v) is 15.8. The highest BCUT2D eigenvalue weighted by Gasteiger charge is 2.34. The van der Waals surface area contributed by atoms with E-state index in [4.69, 9.17) is 0 Å². The van der Waals surface area contributed by atoms with E-state index in [9.17, 15) is 19.2 Å². The molecule has 2 atom stereocenters. The van der Waals surface area contributed by atoms with E-state index in [1.165, 1.54) is 4.90 Å². The SMILES string of the molecule is CC(C)C[C@@H]([C]=O)NC(=O)C(S)CCCN1C(=O)c2ccccc2C1=O. The van der Waals surface area contributed by atoms with Crippen LogP contribution in [0.25, 0.3) is 0 Å². The standard InChI is InChI=1S/C19H23N2O4S/c1-12(2)10-13(11-22)20-17(23)16(26)8-5-9-21-18(24)14-6-3-4-7-15(14)19(21)25/h3-4,6-7,12-13,16,26H,5,8-10H2,1-2H3,(H,20,23)/t13-,16?/m0/s1. The smallest absolute Gasteiger partial charge is 0.261 e. The van der Waals surface area contributed by atoms with Gasteiger partial charge in [0.15, 0.2) is 0 Å². The lowest BCUT2D eigenvalue weighted by molar-refractivity contribution is -0.121. The van der Waals surface area contributed by atoms with Crippen molar-refractivity contribution in [3.63, 3.8) is 0 Å². The van der Waals surface area contributed by atoms with Crippen LogP contribution in [0.1, 0.15) is 53.8 Å². The second-order valence-electron chi connectivity index (χ2n) is 6.77. The molecule has 0 aliphatic carbocycles. The van der Waals surface area contributed by atoms with Gasteiger partial charge in [-0.15, -0.1) is 0 Å². The summed E-state index contributed by atoms with van der Waals surface area (Å²) in [4.78, 5) is 48.8. The largest absolute Gasteiger partial charge is 0.345 e. The van der Waals surface area contributed by atoms with Crippen molar-refractivity contribution in [1.29, 1.82) is 0 Å². The van der Waals surface area contributed by atoms with Gasteiger partial charge in [0.1, 0.15) is 0 Å². The molecule has 1 radical (unpaired) electrons. The van der Waals surface area contributed by atoms with Gasteiger partial charge in [-0.25, -0.2) is 0 Å². The fourth-order valence-electron chi connectivity index (χ4n) is 2.89. The monoisotopic (exact) mass is 375 g/mol. The van der Waals surface area contributed by atoms with Crippen LogP contribution in [0.3, 0.4) is 0 Å². The molecule has 0 fully saturated rings. The normalized spacial score (nSPS) is 15.8. The highest BCUT2D eigenvalue weighted by Crippen LogP contribution is 2.23. The quantitative estimate of drug-likeness (QED) is 0.511. The fourth-order valence-corrected chi connectivity index (χ4v) is 3.15. The second kappa shape index (κ2) is 8.98. The molecule has 139 valence electrons. The average Bonchev–Trinajstić information content (AvgIpc) is 2.85. The molecule has 0 aromatic heterocycles. The fraction of sp³-hybridized carbons (Fsp3) is 0.474. The summed E-state index contributed by atoms with van der Waals surface area (Å²) in [6.07, 6.45) is 3.18. The van der Waals surface area contributed by atoms with Gasteiger partial charge in [-0.2, -0.15) is 12.6 Å². The minimum Gasteiger partial charge on any atom is -0.345 e. The van der Waals surface area contributed by atoms with Crippen LogP contribution < -0.4 is 5.32 Å². The maximum Gasteiger partial charge on any atom is 0.261 e. The molecule has 1 N–H and O–H groups in total. The number of rotatable bonds is 9. The molecule has 1 unspecified atom stereocenters. The van der Waals surface area contributed by atoms with E-state index in [1.807, 2.05) is 20.1 Å². The number of thiol groups is 1. The van der Waals surface area contributed by atoms with E-state index in [0.717, 1.165) is 0 Å². The number of hydrogen-bond donors (Lipinski definition) is 2. The summed E-state index contributed by atoms with van der Waals surface area (Å²) in [5.41, 5.74) is 0.825. The molecule has 1 aliphatic rings. The van der Waals surface area contributed by atoms with Crippen molar-refractivity contribution in [1.82, 2.24) is 10.2 Å². The van der Waals surface area contributed by atoms with Crippen molar-refractivity contribution < 1.29 is 19.2 Å². The summed E-state index contributed by atoms with van der Waals surface area (Å²) in [7, 11) is 0. The van der Waals surface area contributed by atoms with Gasteiger partial charge >= 0.3 is 0 Å². The van der Waals surface area contributed by atoms with Crippen LogP contribution in [0.5, 0.6) is 0 Å². The third-order valence-corrected chi connectivity index (χ3v) is 4.70. The molecule has 1 aliphatic heterocycles. The molecule has 1 heterocycles. The van der Waals surface area contributed by atoms with Crippen molar-refractivity contribution in [2.24, 2.45) is 5.92 Å². The predicted molar refractivity (Wildman–Crippen MR) is 101 cm³/mol. The average molecular weight is 375 g/mol. The lowest BCUT2D eigenvalue weighted by atomic mass is 10.0. The predicted octanol–water partition coefficient (Wildman–Crippen LogP) is 2.00. The van der Waals surface area contributed by atoms with Gasteiger partial charge in [-0.3, -0.25) is 24.1 Å². The minimum absolute atomic E-state index is 0.228. The number of carbonyl (C=O) groups is 3. The van der Waals surface area contributed by atoms with E-state index in [1.54, 1.807) is 24.3 Å². The molecule has 0 saturated heterocycles. The van der Waals surface area contributed by atoms with Crippen LogP contribution in [0.15, 0.2) is 24.3 Å². The Morgan fingerprint density at radius 2 is 1.77 bits per heavy atom. The van der Waals surface area contributed by atoms with Crippen LogP contribution >= 0.6 is 12.6 Å². The van der Waals surface area contributed by atoms with Gasteiger partial charge in [0.05, 0.1) is 22.4 Å². The summed E-state index contributed by atoms with van der Waals surface area (Å²) >= 11 is 4.27. The van der Waals surface area contributed by atoms with Gasteiger partial charge in [-0.05, 0) is 37.3 Å². The lowest BCUT2D eigenvalue weighted by Crippen LogP contribution is -2.41. The third-order valence-electron chi connectivity index (χ3n) is 4.21. The van der Waals surface area contributed by atoms with E-state index >= 15 is 0 Å². The maximum absolute atomic E-state index is 12.3. The lowest BCUT2D eigenvalue weighted by Gasteiger charge is -2.18. The van der Waals surface area contributed by atoms with Gasteiger partial charge in [0, 0.05) is 6.54 Å². The van der Waals surface area contributed by atoms with Crippen LogP contribution in [0.2, 0.25) is 0 Å². The Balaban J connectivity index is 1.82. The second-order valence-corrected chi connectivity index (χ2v) is 7.40. The molecule has 6 nitrogen and oxygen atoms in total. The number of nitrogens with zero attached hydrogens (tertiary/aromatic N) is 1. The van der Waals surface area contributed by atoms with Crippen molar-refractivity contribution in [3.05, 3.63) is 35.4 Å². The summed E-state index contributed by atoms with van der Waals surface area (Å²) in [6, 6.07) is 6.07. The van der Waals surface area contributed by atoms with Crippen molar-refractivity contribution in [2.75, 3.05) is 6.54 Å². The Morgan fingerprint density at radius 1 is 1.19 bits per heavy atom. The molecule has 0 saturated carbocycles. The highest BCUT2D eigenvalue weighted by molar-refractivity contribution is 7.81. The molecule has 26 heavy (non-hydrogen) atoms. The Hall–Kier alpha value is -2.15. The van der Waals surface area contributed by atoms with E-state index < -0.39 is 11.3 Å². The molecule has 1 aromatic carbocycles. The summed E-state index contributed by atoms with van der Waals surface area (Å²) in [5, 5.41) is 2.00. The van der Waals surface area contributed by atoms with E-state index in [2.05, 4.69) is 17.9 Å². The van der Waals surface area contributed by atoms with E-state index in [0.29, 0.717) is 30.4 Å². The molecule has 2 rings (SSSR count). The van der Waals surface area contributed by atoms with Crippen LogP contribution in [-0.2, 0) is 9.59 Å². The zero-order chi connectivity index (χ0) is 19.3. The first-order valence-corrected chi connectivity index (χ1v) is 9.18.